The lowest BCUT2D eigenvalue weighted by Crippen LogP contribution is -2.44. The fourth-order valence-electron chi connectivity index (χ4n) is 3.18. The molecule has 24 heavy (non-hydrogen) atoms. The Morgan fingerprint density at radius 1 is 1.42 bits per heavy atom. The molecule has 0 aliphatic carbocycles. The lowest BCUT2D eigenvalue weighted by molar-refractivity contribution is -0.132. The first-order chi connectivity index (χ1) is 11.6. The van der Waals surface area contributed by atoms with Crippen LogP contribution in [0.25, 0.3) is 10.9 Å². The van der Waals surface area contributed by atoms with Crippen molar-refractivity contribution in [2.24, 2.45) is 5.92 Å². The van der Waals surface area contributed by atoms with Gasteiger partial charge in [0.1, 0.15) is 5.82 Å². The average Bonchev–Trinajstić information content (AvgIpc) is 2.75. The molecule has 0 radical (unpaired) electrons. The lowest BCUT2D eigenvalue weighted by Gasteiger charge is -2.30. The maximum absolute atomic E-state index is 12.6. The first-order valence-corrected chi connectivity index (χ1v) is 9.70. The Hall–Kier alpha value is -1.99. The van der Waals surface area contributed by atoms with Crippen molar-refractivity contribution in [3.05, 3.63) is 40.4 Å². The van der Waals surface area contributed by atoms with Crippen LogP contribution in [0, 0.1) is 5.92 Å². The number of hydrogen-bond acceptors (Lipinski definition) is 4. The fraction of sp³-hybridized carbons (Fsp3) is 0.471. The number of nitrogens with zero attached hydrogens (tertiary/aromatic N) is 2. The summed E-state index contributed by atoms with van der Waals surface area (Å²) in [4.78, 5) is 34.0. The Labute approximate surface area is 144 Å². The summed E-state index contributed by atoms with van der Waals surface area (Å²) < 4.78 is 0. The number of fused-ring (bicyclic) bond motifs is 1. The van der Waals surface area contributed by atoms with Crippen LogP contribution in [0.5, 0.6) is 0 Å². The Balaban J connectivity index is 1.71. The van der Waals surface area contributed by atoms with Gasteiger partial charge >= 0.3 is 0 Å². The minimum Gasteiger partial charge on any atom is -0.342 e. The van der Waals surface area contributed by atoms with E-state index in [2.05, 4.69) is 22.2 Å². The van der Waals surface area contributed by atoms with Gasteiger partial charge in [-0.15, -0.1) is 0 Å². The molecule has 2 N–H and O–H groups in total. The second kappa shape index (κ2) is 7.27. The predicted molar refractivity (Wildman–Crippen MR) is 98.2 cm³/mol. The van der Waals surface area contributed by atoms with Crippen molar-refractivity contribution in [1.29, 1.82) is 0 Å². The number of nitrogens with one attached hydrogen (secondary N) is 2. The van der Waals surface area contributed by atoms with Crippen molar-refractivity contribution in [1.82, 2.24) is 20.2 Å². The topological polar surface area (TPSA) is 78.1 Å². The van der Waals surface area contributed by atoms with Gasteiger partial charge in [-0.05, 0) is 24.6 Å². The van der Waals surface area contributed by atoms with E-state index in [0.717, 1.165) is 29.9 Å². The minimum absolute atomic E-state index is 0.142. The van der Waals surface area contributed by atoms with Crippen LogP contribution in [0.2, 0.25) is 0 Å². The smallest absolute Gasteiger partial charge is 0.258 e. The summed E-state index contributed by atoms with van der Waals surface area (Å²) in [5.74, 6) is 1.22. The number of aromatic amines is 1. The second-order valence-electron chi connectivity index (χ2n) is 6.54. The summed E-state index contributed by atoms with van der Waals surface area (Å²) in [7, 11) is 0.970. The van der Waals surface area contributed by atoms with Crippen molar-refractivity contribution in [2.45, 2.75) is 25.4 Å². The summed E-state index contributed by atoms with van der Waals surface area (Å²) in [6.45, 7) is 4.77. The third-order valence-electron chi connectivity index (χ3n) is 4.87. The summed E-state index contributed by atoms with van der Waals surface area (Å²) in [6, 6.07) is 7.27. The largest absolute Gasteiger partial charge is 0.342 e. The van der Waals surface area contributed by atoms with Crippen LogP contribution in [-0.2, 0) is 11.2 Å². The quantitative estimate of drug-likeness (QED) is 0.744. The number of benzene rings is 1. The number of carbonyl (C=O) groups is 1. The van der Waals surface area contributed by atoms with Gasteiger partial charge in [-0.3, -0.25) is 9.59 Å². The third-order valence-corrected chi connectivity index (χ3v) is 6.63. The maximum Gasteiger partial charge on any atom is 0.258 e. The van der Waals surface area contributed by atoms with E-state index in [4.69, 9.17) is 0 Å². The molecule has 0 spiro atoms. The van der Waals surface area contributed by atoms with Gasteiger partial charge in [-0.2, -0.15) is 0 Å². The molecule has 3 rings (SSSR count). The summed E-state index contributed by atoms with van der Waals surface area (Å²) in [5, 5.41) is 3.97. The standard InChI is InChI=1S/C17H24N4O2Si/c1-11-10-18-8-9-21(17(11)24)15(22)7-6-14-19-13-5-3-2-4-12(13)16(23)20-14/h2-5,11,17-18H,6-10H2,1,24H3,(H,19,20,23)/t11-,17?/m0/s1. The van der Waals surface area contributed by atoms with Crippen LogP contribution in [-0.4, -0.2) is 56.3 Å². The summed E-state index contributed by atoms with van der Waals surface area (Å²) in [6.07, 6.45) is 0.845. The molecule has 2 atom stereocenters. The molecule has 128 valence electrons. The van der Waals surface area contributed by atoms with Crippen molar-refractivity contribution < 1.29 is 4.79 Å². The van der Waals surface area contributed by atoms with Gasteiger partial charge in [0.2, 0.25) is 5.91 Å². The van der Waals surface area contributed by atoms with E-state index in [1.54, 1.807) is 6.07 Å². The second-order valence-corrected chi connectivity index (χ2v) is 7.72. The molecule has 6 nitrogen and oxygen atoms in total. The number of H-pyrrole nitrogens is 1. The van der Waals surface area contributed by atoms with E-state index in [1.165, 1.54) is 0 Å². The molecule has 1 aromatic carbocycles. The number of hydrogen-bond donors (Lipinski definition) is 2. The Kier molecular flexibility index (Phi) is 5.10. The molecular weight excluding hydrogens is 320 g/mol. The van der Waals surface area contributed by atoms with E-state index in [-0.39, 0.29) is 11.5 Å². The normalized spacial score (nSPS) is 21.8. The highest BCUT2D eigenvalue weighted by molar-refractivity contribution is 6.13. The zero-order valence-corrected chi connectivity index (χ0v) is 16.2. The van der Waals surface area contributed by atoms with Crippen LogP contribution in [0.15, 0.2) is 29.1 Å². The predicted octanol–water partition coefficient (Wildman–Crippen LogP) is -0.385. The highest BCUT2D eigenvalue weighted by Crippen LogP contribution is 2.13. The molecule has 0 saturated carbocycles. The number of rotatable bonds is 3. The molecular formula is C17H24N4O2Si. The van der Waals surface area contributed by atoms with E-state index in [1.807, 2.05) is 23.1 Å². The molecule has 7 heteroatoms. The molecule has 1 aliphatic rings. The highest BCUT2D eigenvalue weighted by atomic mass is 28.1. The van der Waals surface area contributed by atoms with Gasteiger partial charge in [-0.1, -0.05) is 19.1 Å². The molecule has 0 bridgehead atoms. The van der Waals surface area contributed by atoms with Gasteiger partial charge in [0, 0.05) is 41.8 Å². The van der Waals surface area contributed by atoms with Gasteiger partial charge in [0.15, 0.2) is 0 Å². The Morgan fingerprint density at radius 2 is 2.21 bits per heavy atom. The van der Waals surface area contributed by atoms with Crippen LogP contribution in [0.4, 0.5) is 0 Å². The lowest BCUT2D eigenvalue weighted by atomic mass is 10.1. The highest BCUT2D eigenvalue weighted by Gasteiger charge is 2.26. The number of amides is 1. The van der Waals surface area contributed by atoms with Gasteiger partial charge in [0.05, 0.1) is 10.9 Å². The molecule has 2 aromatic rings. The zero-order chi connectivity index (χ0) is 17.1. The molecule has 1 aromatic heterocycles. The molecule has 1 saturated heterocycles. The summed E-state index contributed by atoms with van der Waals surface area (Å²) >= 11 is 0. The van der Waals surface area contributed by atoms with Crippen molar-refractivity contribution in [3.63, 3.8) is 0 Å². The molecule has 1 amide bonds. The zero-order valence-electron chi connectivity index (χ0n) is 14.2. The van der Waals surface area contributed by atoms with Crippen LogP contribution >= 0.6 is 0 Å². The number of para-hydroxylation sites is 1. The van der Waals surface area contributed by atoms with Gasteiger partial charge in [-0.25, -0.2) is 4.98 Å². The maximum atomic E-state index is 12.6. The number of aryl methyl sites for hydroxylation is 1. The Morgan fingerprint density at radius 3 is 3.04 bits per heavy atom. The fourth-order valence-corrected chi connectivity index (χ4v) is 3.97. The first-order valence-electron chi connectivity index (χ1n) is 8.54. The van der Waals surface area contributed by atoms with E-state index in [9.17, 15) is 9.59 Å². The molecule has 1 aliphatic heterocycles. The van der Waals surface area contributed by atoms with E-state index in [0.29, 0.717) is 41.2 Å². The monoisotopic (exact) mass is 344 g/mol. The van der Waals surface area contributed by atoms with Crippen LogP contribution < -0.4 is 10.9 Å². The van der Waals surface area contributed by atoms with E-state index < -0.39 is 0 Å². The number of aromatic nitrogens is 2. The minimum atomic E-state index is -0.142. The van der Waals surface area contributed by atoms with Crippen LogP contribution in [0.3, 0.4) is 0 Å². The van der Waals surface area contributed by atoms with Crippen LogP contribution in [0.1, 0.15) is 19.2 Å². The van der Waals surface area contributed by atoms with Crippen molar-refractivity contribution in [3.8, 4) is 0 Å². The SMILES string of the molecule is C[C@H]1CNCCN(C(=O)CCc2nc3ccccc3c(=O)[nH]2)C1[SiH3]. The van der Waals surface area contributed by atoms with Gasteiger partial charge in [0.25, 0.3) is 5.56 Å². The Bertz CT molecular complexity index is 791. The van der Waals surface area contributed by atoms with Gasteiger partial charge < -0.3 is 15.2 Å². The van der Waals surface area contributed by atoms with Crippen molar-refractivity contribution >= 4 is 27.1 Å². The first kappa shape index (κ1) is 16.9. The third kappa shape index (κ3) is 3.57. The van der Waals surface area contributed by atoms with Crippen molar-refractivity contribution in [2.75, 3.05) is 19.6 Å². The average molecular weight is 344 g/mol. The number of carbonyl (C=O) groups excluding carboxylic acids is 1. The molecule has 1 unspecified atom stereocenters. The molecule has 2 heterocycles. The molecule has 1 fully saturated rings. The summed E-state index contributed by atoms with van der Waals surface area (Å²) in [5.41, 5.74) is 0.893. The van der Waals surface area contributed by atoms with E-state index >= 15 is 0 Å².